The fraction of sp³-hybridized carbons (Fsp3) is 0.250. The molecule has 3 rings (SSSR count). The van der Waals surface area contributed by atoms with Crippen LogP contribution in [-0.2, 0) is 13.6 Å². The number of aryl methyl sites for hydroxylation is 1. The van der Waals surface area contributed by atoms with E-state index in [-0.39, 0.29) is 17.9 Å². The monoisotopic (exact) mass is 416 g/mol. The van der Waals surface area contributed by atoms with Crippen molar-refractivity contribution < 1.29 is 9.59 Å². The Morgan fingerprint density at radius 3 is 2.71 bits per heavy atom. The molecule has 28 heavy (non-hydrogen) atoms. The molecule has 0 aliphatic heterocycles. The van der Waals surface area contributed by atoms with Crippen molar-refractivity contribution in [1.82, 2.24) is 14.7 Å². The van der Waals surface area contributed by atoms with Gasteiger partial charge in [0.25, 0.3) is 11.8 Å². The minimum Gasteiger partial charge on any atom is -0.332 e. The number of halogens is 1. The summed E-state index contributed by atoms with van der Waals surface area (Å²) >= 11 is 7.57. The number of carbonyl (C=O) groups is 2. The van der Waals surface area contributed by atoms with Crippen LogP contribution in [-0.4, -0.2) is 32.5 Å². The molecule has 2 aromatic heterocycles. The lowest BCUT2D eigenvalue weighted by atomic mass is 10.1. The predicted molar refractivity (Wildman–Crippen MR) is 112 cm³/mol. The van der Waals surface area contributed by atoms with Crippen molar-refractivity contribution >= 4 is 40.4 Å². The number of rotatable bonds is 6. The van der Waals surface area contributed by atoms with Crippen LogP contribution in [0.15, 0.2) is 48.1 Å². The van der Waals surface area contributed by atoms with Gasteiger partial charge in [0.05, 0.1) is 21.8 Å². The van der Waals surface area contributed by atoms with Crippen molar-refractivity contribution in [2.75, 3.05) is 5.32 Å². The summed E-state index contributed by atoms with van der Waals surface area (Å²) in [6.07, 6.45) is 3.63. The maximum absolute atomic E-state index is 13.1. The highest BCUT2D eigenvalue weighted by Gasteiger charge is 2.21. The maximum Gasteiger partial charge on any atom is 0.265 e. The van der Waals surface area contributed by atoms with Gasteiger partial charge in [-0.1, -0.05) is 17.7 Å². The summed E-state index contributed by atoms with van der Waals surface area (Å²) in [7, 11) is 1.84. The third kappa shape index (κ3) is 4.61. The van der Waals surface area contributed by atoms with Crippen LogP contribution < -0.4 is 5.32 Å². The first kappa shape index (κ1) is 20.1. The Morgan fingerprint density at radius 2 is 2.11 bits per heavy atom. The van der Waals surface area contributed by atoms with Crippen LogP contribution in [0.4, 0.5) is 5.69 Å². The minimum atomic E-state index is -0.252. The van der Waals surface area contributed by atoms with E-state index >= 15 is 0 Å². The van der Waals surface area contributed by atoms with E-state index in [2.05, 4.69) is 10.4 Å². The zero-order valence-electron chi connectivity index (χ0n) is 15.8. The quantitative estimate of drug-likeness (QED) is 0.646. The van der Waals surface area contributed by atoms with Gasteiger partial charge in [0.1, 0.15) is 0 Å². The first-order valence-corrected chi connectivity index (χ1v) is 10.0. The first-order valence-electron chi connectivity index (χ1n) is 8.78. The second-order valence-corrected chi connectivity index (χ2v) is 8.03. The van der Waals surface area contributed by atoms with E-state index in [0.29, 0.717) is 27.7 Å². The number of amides is 2. The molecule has 0 bridgehead atoms. The third-order valence-electron chi connectivity index (χ3n) is 4.20. The van der Waals surface area contributed by atoms with Crippen LogP contribution in [0.1, 0.15) is 39.4 Å². The van der Waals surface area contributed by atoms with Gasteiger partial charge in [0.2, 0.25) is 0 Å². The number of thiophene rings is 1. The van der Waals surface area contributed by atoms with E-state index in [0.717, 1.165) is 5.56 Å². The fourth-order valence-corrected chi connectivity index (χ4v) is 3.53. The third-order valence-corrected chi connectivity index (χ3v) is 5.40. The van der Waals surface area contributed by atoms with Crippen LogP contribution in [0.5, 0.6) is 0 Å². The molecule has 0 spiro atoms. The Hall–Kier alpha value is -2.64. The zero-order valence-corrected chi connectivity index (χ0v) is 17.4. The molecule has 0 aliphatic carbocycles. The van der Waals surface area contributed by atoms with E-state index in [9.17, 15) is 9.59 Å². The van der Waals surface area contributed by atoms with E-state index in [1.807, 2.05) is 32.5 Å². The van der Waals surface area contributed by atoms with Gasteiger partial charge in [0, 0.05) is 37.0 Å². The van der Waals surface area contributed by atoms with Gasteiger partial charge >= 0.3 is 0 Å². The van der Waals surface area contributed by atoms with Gasteiger partial charge in [0.15, 0.2) is 0 Å². The highest BCUT2D eigenvalue weighted by atomic mass is 35.5. The highest BCUT2D eigenvalue weighted by Crippen LogP contribution is 2.26. The minimum absolute atomic E-state index is 0.00690. The summed E-state index contributed by atoms with van der Waals surface area (Å²) in [5, 5.41) is 9.15. The lowest BCUT2D eigenvalue weighted by Crippen LogP contribution is -2.36. The Balaban J connectivity index is 1.82. The zero-order chi connectivity index (χ0) is 20.3. The molecule has 3 aromatic rings. The molecule has 2 heterocycles. The molecular formula is C20H21ClN4O2S. The number of hydrogen-bond acceptors (Lipinski definition) is 4. The maximum atomic E-state index is 13.1. The Bertz CT molecular complexity index is 982. The Morgan fingerprint density at radius 1 is 1.32 bits per heavy atom. The molecule has 0 unspecified atom stereocenters. The van der Waals surface area contributed by atoms with Crippen LogP contribution in [0.3, 0.4) is 0 Å². The summed E-state index contributed by atoms with van der Waals surface area (Å²) in [6, 6.07) is 8.45. The number of aromatic nitrogens is 2. The van der Waals surface area contributed by atoms with Crippen LogP contribution in [0.25, 0.3) is 0 Å². The van der Waals surface area contributed by atoms with Gasteiger partial charge in [-0.25, -0.2) is 0 Å². The molecule has 0 aliphatic rings. The van der Waals surface area contributed by atoms with Gasteiger partial charge in [-0.2, -0.15) is 5.10 Å². The van der Waals surface area contributed by atoms with Crippen molar-refractivity contribution in [2.45, 2.75) is 26.4 Å². The topological polar surface area (TPSA) is 67.2 Å². The summed E-state index contributed by atoms with van der Waals surface area (Å²) < 4.78 is 1.71. The molecule has 0 radical (unpaired) electrons. The summed E-state index contributed by atoms with van der Waals surface area (Å²) in [5.41, 5.74) is 1.82. The first-order chi connectivity index (χ1) is 13.3. The molecule has 0 saturated heterocycles. The second kappa shape index (κ2) is 8.58. The van der Waals surface area contributed by atoms with Crippen molar-refractivity contribution in [2.24, 2.45) is 7.05 Å². The molecule has 146 valence electrons. The molecule has 1 N–H and O–H groups in total. The molecule has 0 saturated carbocycles. The van der Waals surface area contributed by atoms with Crippen molar-refractivity contribution in [1.29, 1.82) is 0 Å². The van der Waals surface area contributed by atoms with Gasteiger partial charge < -0.3 is 10.2 Å². The fourth-order valence-electron chi connectivity index (χ4n) is 2.75. The molecule has 6 nitrogen and oxygen atoms in total. The molecular weight excluding hydrogens is 396 g/mol. The number of carbonyl (C=O) groups excluding carboxylic acids is 2. The summed E-state index contributed by atoms with van der Waals surface area (Å²) in [4.78, 5) is 27.8. The number of nitrogens with zero attached hydrogens (tertiary/aromatic N) is 3. The second-order valence-electron chi connectivity index (χ2n) is 6.68. The largest absolute Gasteiger partial charge is 0.332 e. The lowest BCUT2D eigenvalue weighted by molar-refractivity contribution is 0.0690. The normalized spacial score (nSPS) is 10.9. The predicted octanol–water partition coefficient (Wildman–Crippen LogP) is 4.44. The molecule has 8 heteroatoms. The number of hydrogen-bond donors (Lipinski definition) is 1. The van der Waals surface area contributed by atoms with Gasteiger partial charge in [-0.05, 0) is 43.5 Å². The van der Waals surface area contributed by atoms with Crippen LogP contribution >= 0.6 is 22.9 Å². The highest BCUT2D eigenvalue weighted by molar-refractivity contribution is 7.12. The van der Waals surface area contributed by atoms with E-state index in [1.54, 1.807) is 46.1 Å². The SMILES string of the molecule is CC(C)N(Cc1cnn(C)c1)C(=O)c1ccc(Cl)c(NC(=O)c2cccs2)c1. The van der Waals surface area contributed by atoms with Crippen LogP contribution in [0, 0.1) is 0 Å². The molecule has 2 amide bonds. The van der Waals surface area contributed by atoms with E-state index in [1.165, 1.54) is 11.3 Å². The number of benzene rings is 1. The van der Waals surface area contributed by atoms with Gasteiger partial charge in [-0.15, -0.1) is 11.3 Å². The Labute approximate surface area is 172 Å². The average Bonchev–Trinajstić information content (AvgIpc) is 3.32. The summed E-state index contributed by atoms with van der Waals surface area (Å²) in [5.74, 6) is -0.389. The van der Waals surface area contributed by atoms with Crippen molar-refractivity contribution in [3.05, 3.63) is 69.1 Å². The Kier molecular flexibility index (Phi) is 6.16. The summed E-state index contributed by atoms with van der Waals surface area (Å²) in [6.45, 7) is 4.37. The molecule has 0 atom stereocenters. The van der Waals surface area contributed by atoms with Crippen molar-refractivity contribution in [3.63, 3.8) is 0 Å². The molecule has 0 fully saturated rings. The number of nitrogens with one attached hydrogen (secondary N) is 1. The van der Waals surface area contributed by atoms with Crippen molar-refractivity contribution in [3.8, 4) is 0 Å². The molecule has 1 aromatic carbocycles. The van der Waals surface area contributed by atoms with Gasteiger partial charge in [-0.3, -0.25) is 14.3 Å². The van der Waals surface area contributed by atoms with Crippen LogP contribution in [0.2, 0.25) is 5.02 Å². The average molecular weight is 417 g/mol. The number of anilines is 1. The van der Waals surface area contributed by atoms with E-state index < -0.39 is 0 Å². The van der Waals surface area contributed by atoms with E-state index in [4.69, 9.17) is 11.6 Å². The lowest BCUT2D eigenvalue weighted by Gasteiger charge is -2.26. The smallest absolute Gasteiger partial charge is 0.265 e. The standard InChI is InChI=1S/C20H21ClN4O2S/c1-13(2)25(12-14-10-22-24(3)11-14)20(27)15-6-7-16(21)17(9-15)23-19(26)18-5-4-8-28-18/h4-11,13H,12H2,1-3H3,(H,23,26).